The average Bonchev–Trinajstić information content (AvgIpc) is 3.20. The maximum Gasteiger partial charge on any atom is 0.150 e. The van der Waals surface area contributed by atoms with Gasteiger partial charge in [0.25, 0.3) is 0 Å². The molecule has 0 aliphatic carbocycles. The smallest absolute Gasteiger partial charge is 0.150 e. The highest BCUT2D eigenvalue weighted by Crippen LogP contribution is 2.35. The van der Waals surface area contributed by atoms with Crippen LogP contribution in [0.1, 0.15) is 5.69 Å². The molecule has 5 aromatic rings. The molecule has 0 radical (unpaired) electrons. The third kappa shape index (κ3) is 3.34. The molecule has 0 bridgehead atoms. The zero-order valence-electron chi connectivity index (χ0n) is 15.7. The molecule has 3 heterocycles. The van der Waals surface area contributed by atoms with Crippen LogP contribution in [0.25, 0.3) is 27.8 Å². The molecule has 5 heteroatoms. The lowest BCUT2D eigenvalue weighted by atomic mass is 10.1. The van der Waals surface area contributed by atoms with Crippen molar-refractivity contribution in [3.8, 4) is 16.8 Å². The lowest BCUT2D eigenvalue weighted by Crippen LogP contribution is -2.04. The molecule has 2 aromatic carbocycles. The first-order valence-electron chi connectivity index (χ1n) is 9.51. The number of pyridine rings is 1. The molecular formula is C24H19N5. The van der Waals surface area contributed by atoms with Crippen molar-refractivity contribution in [2.24, 2.45) is 0 Å². The van der Waals surface area contributed by atoms with Crippen LogP contribution in [-0.4, -0.2) is 19.5 Å². The van der Waals surface area contributed by atoms with Gasteiger partial charge in [0.15, 0.2) is 5.65 Å². The van der Waals surface area contributed by atoms with Gasteiger partial charge in [-0.25, -0.2) is 9.97 Å². The maximum absolute atomic E-state index is 4.62. The summed E-state index contributed by atoms with van der Waals surface area (Å²) in [6.07, 6.45) is 5.54. The Hall–Kier alpha value is -3.99. The van der Waals surface area contributed by atoms with Crippen LogP contribution in [-0.2, 0) is 6.54 Å². The summed E-state index contributed by atoms with van der Waals surface area (Å²) in [5.74, 6) is 0.800. The van der Waals surface area contributed by atoms with Crippen molar-refractivity contribution in [2.45, 2.75) is 6.54 Å². The number of para-hydroxylation sites is 1. The summed E-state index contributed by atoms with van der Waals surface area (Å²) in [6.45, 7) is 0.595. The number of rotatable bonds is 5. The van der Waals surface area contributed by atoms with Crippen molar-refractivity contribution in [1.82, 2.24) is 19.5 Å². The van der Waals surface area contributed by atoms with Crippen molar-refractivity contribution >= 4 is 16.9 Å². The molecule has 0 saturated carbocycles. The zero-order valence-corrected chi connectivity index (χ0v) is 15.7. The Morgan fingerprint density at radius 2 is 1.52 bits per heavy atom. The van der Waals surface area contributed by atoms with Crippen LogP contribution < -0.4 is 5.32 Å². The fourth-order valence-electron chi connectivity index (χ4n) is 3.49. The number of anilines is 1. The van der Waals surface area contributed by atoms with Crippen LogP contribution in [0.5, 0.6) is 0 Å². The van der Waals surface area contributed by atoms with E-state index in [0.717, 1.165) is 39.4 Å². The third-order valence-corrected chi connectivity index (χ3v) is 4.87. The van der Waals surface area contributed by atoms with Crippen molar-refractivity contribution in [3.05, 3.63) is 103 Å². The summed E-state index contributed by atoms with van der Waals surface area (Å²) in [4.78, 5) is 13.6. The molecule has 5 nitrogen and oxygen atoms in total. The Morgan fingerprint density at radius 1 is 0.759 bits per heavy atom. The minimum absolute atomic E-state index is 0.595. The van der Waals surface area contributed by atoms with Gasteiger partial charge in [-0.1, -0.05) is 54.6 Å². The normalized spacial score (nSPS) is 10.9. The highest BCUT2D eigenvalue weighted by molar-refractivity contribution is 6.02. The van der Waals surface area contributed by atoms with Gasteiger partial charge in [-0.2, -0.15) is 0 Å². The second-order valence-electron chi connectivity index (χ2n) is 6.71. The van der Waals surface area contributed by atoms with Gasteiger partial charge in [0.1, 0.15) is 12.1 Å². The van der Waals surface area contributed by atoms with Crippen molar-refractivity contribution in [1.29, 1.82) is 0 Å². The fraction of sp³-hybridized carbons (Fsp3) is 0.0417. The summed E-state index contributed by atoms with van der Waals surface area (Å²) >= 11 is 0. The minimum Gasteiger partial charge on any atom is -0.364 e. The van der Waals surface area contributed by atoms with Crippen LogP contribution in [0.3, 0.4) is 0 Å². The summed E-state index contributed by atoms with van der Waals surface area (Å²) < 4.78 is 2.12. The van der Waals surface area contributed by atoms with Gasteiger partial charge >= 0.3 is 0 Å². The monoisotopic (exact) mass is 377 g/mol. The lowest BCUT2D eigenvalue weighted by Gasteiger charge is -2.08. The van der Waals surface area contributed by atoms with Gasteiger partial charge in [0.2, 0.25) is 0 Å². The summed E-state index contributed by atoms with van der Waals surface area (Å²) in [5, 5.41) is 4.45. The number of nitrogens with zero attached hydrogens (tertiary/aromatic N) is 4. The molecule has 5 rings (SSSR count). The largest absolute Gasteiger partial charge is 0.364 e. The summed E-state index contributed by atoms with van der Waals surface area (Å²) in [5.41, 5.74) is 5.11. The number of benzene rings is 2. The van der Waals surface area contributed by atoms with Crippen molar-refractivity contribution < 1.29 is 0 Å². The molecule has 140 valence electrons. The van der Waals surface area contributed by atoms with E-state index < -0.39 is 0 Å². The molecule has 3 aromatic heterocycles. The van der Waals surface area contributed by atoms with E-state index in [1.54, 1.807) is 12.5 Å². The number of nitrogens with one attached hydrogen (secondary N) is 1. The Balaban J connectivity index is 1.67. The van der Waals surface area contributed by atoms with Crippen molar-refractivity contribution in [2.75, 3.05) is 5.32 Å². The highest BCUT2D eigenvalue weighted by Gasteiger charge is 2.17. The first kappa shape index (κ1) is 17.1. The number of aromatic nitrogens is 4. The molecule has 0 saturated heterocycles. The third-order valence-electron chi connectivity index (χ3n) is 4.87. The molecule has 0 amide bonds. The van der Waals surface area contributed by atoms with Gasteiger partial charge in [-0.3, -0.25) is 4.98 Å². The molecule has 0 atom stereocenters. The van der Waals surface area contributed by atoms with Gasteiger partial charge in [0, 0.05) is 23.6 Å². The first-order valence-corrected chi connectivity index (χ1v) is 9.51. The second kappa shape index (κ2) is 7.56. The van der Waals surface area contributed by atoms with E-state index in [2.05, 4.69) is 55.3 Å². The summed E-state index contributed by atoms with van der Waals surface area (Å²) in [6, 6.07) is 26.5. The average molecular weight is 377 g/mol. The van der Waals surface area contributed by atoms with Crippen LogP contribution in [0, 0.1) is 0 Å². The van der Waals surface area contributed by atoms with Gasteiger partial charge < -0.3 is 9.88 Å². The second-order valence-corrected chi connectivity index (χ2v) is 6.71. The predicted octanol–water partition coefficient (Wildman–Crippen LogP) is 5.09. The molecule has 0 spiro atoms. The fourth-order valence-corrected chi connectivity index (χ4v) is 3.49. The standard InChI is InChI=1S/C24H19N5/c1-3-9-18(10-4-1)21-16-29(20-12-5-2-6-13-20)24-22(21)23(27-17-28-24)26-15-19-11-7-8-14-25-19/h1-14,16-17H,15H2,(H,26,27,28). The lowest BCUT2D eigenvalue weighted by molar-refractivity contribution is 1.02. The van der Waals surface area contributed by atoms with E-state index in [9.17, 15) is 0 Å². The van der Waals surface area contributed by atoms with Gasteiger partial charge in [0.05, 0.1) is 17.6 Å². The van der Waals surface area contributed by atoms with Crippen LogP contribution in [0.2, 0.25) is 0 Å². The minimum atomic E-state index is 0.595. The zero-order chi connectivity index (χ0) is 19.5. The van der Waals surface area contributed by atoms with E-state index in [1.165, 1.54) is 0 Å². The predicted molar refractivity (Wildman–Crippen MR) is 116 cm³/mol. The SMILES string of the molecule is c1ccc(-c2cn(-c3ccccc3)c3ncnc(NCc4ccccn4)c23)cc1. The maximum atomic E-state index is 4.62. The van der Waals surface area contributed by atoms with Crippen LogP contribution in [0.4, 0.5) is 5.82 Å². The Bertz CT molecular complexity index is 1230. The van der Waals surface area contributed by atoms with Crippen LogP contribution >= 0.6 is 0 Å². The van der Waals surface area contributed by atoms with Gasteiger partial charge in [-0.15, -0.1) is 0 Å². The van der Waals surface area contributed by atoms with Crippen molar-refractivity contribution in [3.63, 3.8) is 0 Å². The van der Waals surface area contributed by atoms with Gasteiger partial charge in [-0.05, 0) is 29.8 Å². The molecular weight excluding hydrogens is 358 g/mol. The number of fused-ring (bicyclic) bond motifs is 1. The van der Waals surface area contributed by atoms with E-state index in [-0.39, 0.29) is 0 Å². The molecule has 0 aliphatic heterocycles. The Labute approximate surface area is 168 Å². The quantitative estimate of drug-likeness (QED) is 0.463. The van der Waals surface area contributed by atoms with E-state index >= 15 is 0 Å². The Kier molecular flexibility index (Phi) is 4.47. The molecule has 0 unspecified atom stereocenters. The molecule has 0 aliphatic rings. The molecule has 1 N–H and O–H groups in total. The number of hydrogen-bond donors (Lipinski definition) is 1. The molecule has 0 fully saturated rings. The first-order chi connectivity index (χ1) is 14.4. The molecule has 29 heavy (non-hydrogen) atoms. The van der Waals surface area contributed by atoms with E-state index in [1.807, 2.05) is 54.6 Å². The summed E-state index contributed by atoms with van der Waals surface area (Å²) in [7, 11) is 0. The van der Waals surface area contributed by atoms with E-state index in [4.69, 9.17) is 0 Å². The number of hydrogen-bond acceptors (Lipinski definition) is 4. The highest BCUT2D eigenvalue weighted by atomic mass is 15.1. The van der Waals surface area contributed by atoms with E-state index in [0.29, 0.717) is 6.54 Å². The topological polar surface area (TPSA) is 55.6 Å². The van der Waals surface area contributed by atoms with Crippen LogP contribution in [0.15, 0.2) is 97.6 Å². The Morgan fingerprint density at radius 3 is 2.28 bits per heavy atom.